The molecule has 3 heteroatoms. The molecule has 1 fully saturated rings. The Morgan fingerprint density at radius 3 is 2.61 bits per heavy atom. The van der Waals surface area contributed by atoms with Crippen LogP contribution in [-0.4, -0.2) is 18.1 Å². The molecule has 1 saturated carbocycles. The van der Waals surface area contributed by atoms with Crippen molar-refractivity contribution in [1.82, 2.24) is 5.32 Å². The highest BCUT2D eigenvalue weighted by Gasteiger charge is 2.22. The van der Waals surface area contributed by atoms with E-state index < -0.39 is 6.10 Å². The van der Waals surface area contributed by atoms with Gasteiger partial charge >= 0.3 is 0 Å². The van der Waals surface area contributed by atoms with E-state index >= 15 is 0 Å². The van der Waals surface area contributed by atoms with Crippen LogP contribution >= 0.6 is 0 Å². The highest BCUT2D eigenvalue weighted by molar-refractivity contribution is 5.84. The van der Waals surface area contributed by atoms with E-state index in [1.807, 2.05) is 37.3 Å². The number of fused-ring (bicyclic) bond motifs is 1. The van der Waals surface area contributed by atoms with Crippen LogP contribution in [0.1, 0.15) is 45.4 Å². The minimum Gasteiger partial charge on any atom is -0.481 e. The van der Waals surface area contributed by atoms with Crippen molar-refractivity contribution in [2.75, 3.05) is 0 Å². The fraction of sp³-hybridized carbons (Fsp3) is 0.450. The maximum Gasteiger partial charge on any atom is 0.261 e. The standard InChI is InChI=1S/C20H25NO2/c1-2-19(20(22)21-17-10-4-3-5-11-17)23-18-13-12-15-8-6-7-9-16(15)14-18/h6-9,12-14,17,19H,2-5,10-11H2,1H3,(H,21,22)/t19-/m0/s1. The molecule has 23 heavy (non-hydrogen) atoms. The monoisotopic (exact) mass is 311 g/mol. The summed E-state index contributed by atoms with van der Waals surface area (Å²) in [6.07, 6.45) is 6.16. The van der Waals surface area contributed by atoms with Crippen molar-refractivity contribution in [3.63, 3.8) is 0 Å². The van der Waals surface area contributed by atoms with Crippen LogP contribution in [0.3, 0.4) is 0 Å². The van der Waals surface area contributed by atoms with Gasteiger partial charge in [0.2, 0.25) is 0 Å². The van der Waals surface area contributed by atoms with Gasteiger partial charge in [0.25, 0.3) is 5.91 Å². The molecule has 2 aromatic rings. The number of carbonyl (C=O) groups excluding carboxylic acids is 1. The molecule has 0 aliphatic heterocycles. The van der Waals surface area contributed by atoms with Gasteiger partial charge in [0.15, 0.2) is 6.10 Å². The predicted octanol–water partition coefficient (Wildman–Crippen LogP) is 4.45. The smallest absolute Gasteiger partial charge is 0.261 e. The summed E-state index contributed by atoms with van der Waals surface area (Å²) in [5.74, 6) is 0.780. The second-order valence-corrected chi connectivity index (χ2v) is 6.37. The molecule has 1 N–H and O–H groups in total. The fourth-order valence-electron chi connectivity index (χ4n) is 3.27. The maximum absolute atomic E-state index is 12.5. The number of ether oxygens (including phenoxy) is 1. The number of benzene rings is 2. The zero-order valence-corrected chi connectivity index (χ0v) is 13.8. The first-order chi connectivity index (χ1) is 11.3. The molecule has 3 rings (SSSR count). The first-order valence-corrected chi connectivity index (χ1v) is 8.72. The minimum atomic E-state index is -0.418. The molecule has 0 heterocycles. The van der Waals surface area contributed by atoms with Gasteiger partial charge in [-0.1, -0.05) is 56.5 Å². The quantitative estimate of drug-likeness (QED) is 0.886. The Morgan fingerprint density at radius 2 is 1.87 bits per heavy atom. The molecule has 0 aromatic heterocycles. The largest absolute Gasteiger partial charge is 0.481 e. The first kappa shape index (κ1) is 15.9. The van der Waals surface area contributed by atoms with Crippen LogP contribution < -0.4 is 10.1 Å². The van der Waals surface area contributed by atoms with Crippen molar-refractivity contribution in [3.8, 4) is 5.75 Å². The lowest BCUT2D eigenvalue weighted by Gasteiger charge is -2.25. The van der Waals surface area contributed by atoms with E-state index in [-0.39, 0.29) is 5.91 Å². The third-order valence-electron chi connectivity index (χ3n) is 4.61. The lowest BCUT2D eigenvalue weighted by atomic mass is 9.95. The van der Waals surface area contributed by atoms with Crippen molar-refractivity contribution >= 4 is 16.7 Å². The molecule has 3 nitrogen and oxygen atoms in total. The lowest BCUT2D eigenvalue weighted by molar-refractivity contribution is -0.129. The van der Waals surface area contributed by atoms with E-state index in [1.54, 1.807) is 0 Å². The van der Waals surface area contributed by atoms with Crippen LogP contribution in [0.5, 0.6) is 5.75 Å². The highest BCUT2D eigenvalue weighted by Crippen LogP contribution is 2.22. The zero-order valence-electron chi connectivity index (χ0n) is 13.8. The van der Waals surface area contributed by atoms with Gasteiger partial charge in [-0.15, -0.1) is 0 Å². The number of rotatable bonds is 5. The van der Waals surface area contributed by atoms with Gasteiger partial charge in [-0.3, -0.25) is 4.79 Å². The Morgan fingerprint density at radius 1 is 1.13 bits per heavy atom. The molecular formula is C20H25NO2. The van der Waals surface area contributed by atoms with Gasteiger partial charge in [-0.2, -0.15) is 0 Å². The fourth-order valence-corrected chi connectivity index (χ4v) is 3.27. The summed E-state index contributed by atoms with van der Waals surface area (Å²) in [7, 11) is 0. The molecule has 0 saturated heterocycles. The Kier molecular flexibility index (Phi) is 5.16. The molecule has 0 spiro atoms. The Labute approximate surface area is 138 Å². The number of nitrogens with one attached hydrogen (secondary N) is 1. The Bertz CT molecular complexity index is 661. The van der Waals surface area contributed by atoms with Gasteiger partial charge in [0.05, 0.1) is 0 Å². The van der Waals surface area contributed by atoms with Crippen molar-refractivity contribution in [3.05, 3.63) is 42.5 Å². The third-order valence-corrected chi connectivity index (χ3v) is 4.61. The molecule has 0 radical (unpaired) electrons. The van der Waals surface area contributed by atoms with E-state index in [4.69, 9.17) is 4.74 Å². The van der Waals surface area contributed by atoms with Gasteiger partial charge in [-0.05, 0) is 42.2 Å². The normalized spacial score (nSPS) is 16.9. The maximum atomic E-state index is 12.5. The Hall–Kier alpha value is -2.03. The van der Waals surface area contributed by atoms with Crippen LogP contribution in [0.15, 0.2) is 42.5 Å². The van der Waals surface area contributed by atoms with Crippen LogP contribution in [0, 0.1) is 0 Å². The molecule has 0 bridgehead atoms. The van der Waals surface area contributed by atoms with Gasteiger partial charge in [-0.25, -0.2) is 0 Å². The lowest BCUT2D eigenvalue weighted by Crippen LogP contribution is -2.44. The molecule has 0 unspecified atom stereocenters. The van der Waals surface area contributed by atoms with Crippen LogP contribution in [0.2, 0.25) is 0 Å². The second-order valence-electron chi connectivity index (χ2n) is 6.37. The minimum absolute atomic E-state index is 0.0209. The van der Waals surface area contributed by atoms with Crippen LogP contribution in [0.25, 0.3) is 10.8 Å². The number of carbonyl (C=O) groups is 1. The zero-order chi connectivity index (χ0) is 16.1. The van der Waals surface area contributed by atoms with Crippen molar-refractivity contribution in [1.29, 1.82) is 0 Å². The average molecular weight is 311 g/mol. The second kappa shape index (κ2) is 7.49. The van der Waals surface area contributed by atoms with Gasteiger partial charge < -0.3 is 10.1 Å². The molecule has 1 atom stereocenters. The third kappa shape index (κ3) is 4.04. The molecule has 122 valence electrons. The Balaban J connectivity index is 1.66. The summed E-state index contributed by atoms with van der Waals surface area (Å²) in [6, 6.07) is 14.5. The number of hydrogen-bond donors (Lipinski definition) is 1. The average Bonchev–Trinajstić information content (AvgIpc) is 2.60. The van der Waals surface area contributed by atoms with Crippen LogP contribution in [-0.2, 0) is 4.79 Å². The summed E-state index contributed by atoms with van der Waals surface area (Å²) in [6.45, 7) is 1.99. The molecule has 2 aromatic carbocycles. The van der Waals surface area contributed by atoms with Crippen LogP contribution in [0.4, 0.5) is 0 Å². The molecule has 1 aliphatic rings. The van der Waals surface area contributed by atoms with Gasteiger partial charge in [0, 0.05) is 6.04 Å². The van der Waals surface area contributed by atoms with E-state index in [2.05, 4.69) is 17.4 Å². The summed E-state index contributed by atoms with van der Waals surface area (Å²) in [4.78, 5) is 12.5. The van der Waals surface area contributed by atoms with E-state index in [0.717, 1.165) is 24.0 Å². The van der Waals surface area contributed by atoms with E-state index in [1.165, 1.54) is 24.6 Å². The SMILES string of the molecule is CC[C@H](Oc1ccc2ccccc2c1)C(=O)NC1CCCCC1. The summed E-state index contributed by atoms with van der Waals surface area (Å²) < 4.78 is 5.96. The van der Waals surface area contributed by atoms with Gasteiger partial charge in [0.1, 0.15) is 5.75 Å². The number of amides is 1. The van der Waals surface area contributed by atoms with Crippen molar-refractivity contribution in [2.45, 2.75) is 57.6 Å². The summed E-state index contributed by atoms with van der Waals surface area (Å²) >= 11 is 0. The molecular weight excluding hydrogens is 286 g/mol. The molecule has 1 amide bonds. The van der Waals surface area contributed by atoms with E-state index in [9.17, 15) is 4.79 Å². The summed E-state index contributed by atoms with van der Waals surface area (Å²) in [5, 5.41) is 5.48. The first-order valence-electron chi connectivity index (χ1n) is 8.72. The van der Waals surface area contributed by atoms with Crippen molar-refractivity contribution < 1.29 is 9.53 Å². The summed E-state index contributed by atoms with van der Waals surface area (Å²) in [5.41, 5.74) is 0. The highest BCUT2D eigenvalue weighted by atomic mass is 16.5. The number of hydrogen-bond acceptors (Lipinski definition) is 2. The molecule has 1 aliphatic carbocycles. The topological polar surface area (TPSA) is 38.3 Å². The van der Waals surface area contributed by atoms with E-state index in [0.29, 0.717) is 12.5 Å². The predicted molar refractivity (Wildman–Crippen MR) is 93.7 cm³/mol. The van der Waals surface area contributed by atoms with Crippen molar-refractivity contribution in [2.24, 2.45) is 0 Å².